The third kappa shape index (κ3) is 4.81. The standard InChI is InChI=1S/C15H23FN2O2/c1-5-15(3,4)18-14(19)9-20-11-6-7-12(10(2)17)13(16)8-11/h6-8,10H,5,9,17H2,1-4H3,(H,18,19)/t10-/m0/s1. The smallest absolute Gasteiger partial charge is 0.258 e. The molecular weight excluding hydrogens is 259 g/mol. The summed E-state index contributed by atoms with van der Waals surface area (Å²) in [5.41, 5.74) is 5.78. The Morgan fingerprint density at radius 2 is 2.15 bits per heavy atom. The van der Waals surface area contributed by atoms with Crippen LogP contribution in [-0.2, 0) is 4.79 Å². The van der Waals surface area contributed by atoms with E-state index in [0.29, 0.717) is 11.3 Å². The Labute approximate surface area is 119 Å². The predicted molar refractivity (Wildman–Crippen MR) is 77.0 cm³/mol. The van der Waals surface area contributed by atoms with Crippen LogP contribution >= 0.6 is 0 Å². The molecule has 1 aromatic rings. The molecular formula is C15H23FN2O2. The van der Waals surface area contributed by atoms with E-state index in [1.54, 1.807) is 19.1 Å². The fourth-order valence-corrected chi connectivity index (χ4v) is 1.62. The maximum absolute atomic E-state index is 13.7. The van der Waals surface area contributed by atoms with Crippen LogP contribution in [0.5, 0.6) is 5.75 Å². The van der Waals surface area contributed by atoms with Gasteiger partial charge in [-0.2, -0.15) is 0 Å². The van der Waals surface area contributed by atoms with Gasteiger partial charge in [0, 0.05) is 23.2 Å². The van der Waals surface area contributed by atoms with Crippen molar-refractivity contribution in [3.8, 4) is 5.75 Å². The molecule has 0 saturated carbocycles. The first-order valence-corrected chi connectivity index (χ1v) is 6.74. The fourth-order valence-electron chi connectivity index (χ4n) is 1.62. The third-order valence-electron chi connectivity index (χ3n) is 3.19. The fraction of sp³-hybridized carbons (Fsp3) is 0.533. The molecule has 0 unspecified atom stereocenters. The van der Waals surface area contributed by atoms with Gasteiger partial charge in [-0.15, -0.1) is 0 Å². The van der Waals surface area contributed by atoms with E-state index >= 15 is 0 Å². The average Bonchev–Trinajstić information content (AvgIpc) is 2.35. The highest BCUT2D eigenvalue weighted by atomic mass is 19.1. The Kier molecular flexibility index (Phi) is 5.51. The molecule has 0 aliphatic carbocycles. The second-order valence-corrected chi connectivity index (χ2v) is 5.55. The van der Waals surface area contributed by atoms with Crippen LogP contribution in [0.15, 0.2) is 18.2 Å². The quantitative estimate of drug-likeness (QED) is 0.842. The van der Waals surface area contributed by atoms with Gasteiger partial charge in [0.05, 0.1) is 0 Å². The van der Waals surface area contributed by atoms with Crippen LogP contribution in [-0.4, -0.2) is 18.1 Å². The molecule has 0 fully saturated rings. The van der Waals surface area contributed by atoms with E-state index < -0.39 is 5.82 Å². The van der Waals surface area contributed by atoms with Gasteiger partial charge in [-0.1, -0.05) is 13.0 Å². The van der Waals surface area contributed by atoms with E-state index in [9.17, 15) is 9.18 Å². The monoisotopic (exact) mass is 282 g/mol. The molecule has 0 bridgehead atoms. The summed E-state index contributed by atoms with van der Waals surface area (Å²) in [5, 5.41) is 2.84. The number of carbonyl (C=O) groups is 1. The Morgan fingerprint density at radius 3 is 2.65 bits per heavy atom. The molecule has 0 aliphatic rings. The van der Waals surface area contributed by atoms with E-state index in [1.807, 2.05) is 20.8 Å². The van der Waals surface area contributed by atoms with Crippen molar-refractivity contribution >= 4 is 5.91 Å². The topological polar surface area (TPSA) is 64.3 Å². The molecule has 0 radical (unpaired) electrons. The molecule has 5 heteroatoms. The summed E-state index contributed by atoms with van der Waals surface area (Å²) in [6.07, 6.45) is 0.816. The number of nitrogens with one attached hydrogen (secondary N) is 1. The molecule has 1 aromatic carbocycles. The minimum Gasteiger partial charge on any atom is -0.484 e. The molecule has 3 N–H and O–H groups in total. The van der Waals surface area contributed by atoms with Crippen LogP contribution < -0.4 is 15.8 Å². The van der Waals surface area contributed by atoms with Gasteiger partial charge in [0.15, 0.2) is 6.61 Å². The van der Waals surface area contributed by atoms with E-state index in [1.165, 1.54) is 6.07 Å². The summed E-state index contributed by atoms with van der Waals surface area (Å²) < 4.78 is 19.0. The second-order valence-electron chi connectivity index (χ2n) is 5.55. The van der Waals surface area contributed by atoms with Gasteiger partial charge in [-0.3, -0.25) is 4.79 Å². The number of ether oxygens (including phenoxy) is 1. The largest absolute Gasteiger partial charge is 0.484 e. The van der Waals surface area contributed by atoms with Crippen molar-refractivity contribution in [3.05, 3.63) is 29.6 Å². The Bertz CT molecular complexity index is 473. The molecule has 0 saturated heterocycles. The van der Waals surface area contributed by atoms with Crippen molar-refractivity contribution in [2.24, 2.45) is 5.73 Å². The van der Waals surface area contributed by atoms with Gasteiger partial charge in [-0.05, 0) is 33.3 Å². The molecule has 0 aromatic heterocycles. The lowest BCUT2D eigenvalue weighted by atomic mass is 10.0. The van der Waals surface area contributed by atoms with E-state index in [4.69, 9.17) is 10.5 Å². The van der Waals surface area contributed by atoms with Gasteiger partial charge in [0.1, 0.15) is 11.6 Å². The van der Waals surface area contributed by atoms with Gasteiger partial charge >= 0.3 is 0 Å². The van der Waals surface area contributed by atoms with E-state index in [0.717, 1.165) is 6.42 Å². The molecule has 0 spiro atoms. The summed E-state index contributed by atoms with van der Waals surface area (Å²) in [7, 11) is 0. The zero-order valence-corrected chi connectivity index (χ0v) is 12.5. The van der Waals surface area contributed by atoms with Crippen LogP contribution in [0.1, 0.15) is 45.7 Å². The van der Waals surface area contributed by atoms with Crippen LogP contribution in [0.4, 0.5) is 4.39 Å². The van der Waals surface area contributed by atoms with Gasteiger partial charge in [0.2, 0.25) is 0 Å². The first-order valence-electron chi connectivity index (χ1n) is 6.74. The third-order valence-corrected chi connectivity index (χ3v) is 3.19. The van der Waals surface area contributed by atoms with Crippen LogP contribution in [0.25, 0.3) is 0 Å². The van der Waals surface area contributed by atoms with Crippen LogP contribution in [0, 0.1) is 5.82 Å². The molecule has 0 aliphatic heterocycles. The van der Waals surface area contributed by atoms with Crippen LogP contribution in [0.2, 0.25) is 0 Å². The highest BCUT2D eigenvalue weighted by Crippen LogP contribution is 2.20. The minimum atomic E-state index is -0.424. The summed E-state index contributed by atoms with van der Waals surface area (Å²) in [4.78, 5) is 11.7. The highest BCUT2D eigenvalue weighted by molar-refractivity contribution is 5.78. The number of hydrogen-bond acceptors (Lipinski definition) is 3. The number of hydrogen-bond donors (Lipinski definition) is 2. The first kappa shape index (κ1) is 16.4. The number of rotatable bonds is 6. The van der Waals surface area contributed by atoms with Gasteiger partial charge < -0.3 is 15.8 Å². The van der Waals surface area contributed by atoms with E-state index in [-0.39, 0.29) is 24.1 Å². The molecule has 1 amide bonds. The first-order chi connectivity index (χ1) is 9.25. The number of benzene rings is 1. The lowest BCUT2D eigenvalue weighted by Gasteiger charge is -2.24. The van der Waals surface area contributed by atoms with Crippen molar-refractivity contribution in [3.63, 3.8) is 0 Å². The molecule has 4 nitrogen and oxygen atoms in total. The lowest BCUT2D eigenvalue weighted by molar-refractivity contribution is -0.124. The number of halogens is 1. The average molecular weight is 282 g/mol. The number of nitrogens with two attached hydrogens (primary N) is 1. The second kappa shape index (κ2) is 6.70. The van der Waals surface area contributed by atoms with Crippen molar-refractivity contribution < 1.29 is 13.9 Å². The number of amides is 1. The zero-order chi connectivity index (χ0) is 15.3. The SMILES string of the molecule is CCC(C)(C)NC(=O)COc1ccc([C@H](C)N)c(F)c1. The van der Waals surface area contributed by atoms with E-state index in [2.05, 4.69) is 5.32 Å². The lowest BCUT2D eigenvalue weighted by Crippen LogP contribution is -2.44. The molecule has 1 rings (SSSR count). The van der Waals surface area contributed by atoms with Crippen LogP contribution in [0.3, 0.4) is 0 Å². The van der Waals surface area contributed by atoms with Gasteiger partial charge in [-0.25, -0.2) is 4.39 Å². The Balaban J connectivity index is 2.58. The highest BCUT2D eigenvalue weighted by Gasteiger charge is 2.18. The van der Waals surface area contributed by atoms with Crippen molar-refractivity contribution in [2.75, 3.05) is 6.61 Å². The van der Waals surface area contributed by atoms with Crippen molar-refractivity contribution in [1.82, 2.24) is 5.32 Å². The Hall–Kier alpha value is -1.62. The van der Waals surface area contributed by atoms with Gasteiger partial charge in [0.25, 0.3) is 5.91 Å². The summed E-state index contributed by atoms with van der Waals surface area (Å²) >= 11 is 0. The summed E-state index contributed by atoms with van der Waals surface area (Å²) in [6.45, 7) is 7.42. The maximum atomic E-state index is 13.7. The Morgan fingerprint density at radius 1 is 1.50 bits per heavy atom. The normalized spacial score (nSPS) is 12.9. The molecule has 20 heavy (non-hydrogen) atoms. The van der Waals surface area contributed by atoms with Crippen molar-refractivity contribution in [2.45, 2.75) is 45.7 Å². The van der Waals surface area contributed by atoms with Crippen molar-refractivity contribution in [1.29, 1.82) is 0 Å². The summed E-state index contributed by atoms with van der Waals surface area (Å²) in [5.74, 6) is -0.336. The summed E-state index contributed by atoms with van der Waals surface area (Å²) in [6, 6.07) is 4.05. The maximum Gasteiger partial charge on any atom is 0.258 e. The predicted octanol–water partition coefficient (Wildman–Crippen LogP) is 2.53. The molecule has 0 heterocycles. The molecule has 112 valence electrons. The zero-order valence-electron chi connectivity index (χ0n) is 12.5. The minimum absolute atomic E-state index is 0.138. The molecule has 1 atom stereocenters. The number of carbonyl (C=O) groups excluding carboxylic acids is 1.